The van der Waals surface area contributed by atoms with Gasteiger partial charge in [-0.3, -0.25) is 5.32 Å². The molecule has 0 aliphatic heterocycles. The Morgan fingerprint density at radius 2 is 1.76 bits per heavy atom. The molecule has 0 spiro atoms. The van der Waals surface area contributed by atoms with Gasteiger partial charge in [0.15, 0.2) is 0 Å². The van der Waals surface area contributed by atoms with Gasteiger partial charge in [-0.05, 0) is 12.1 Å². The Morgan fingerprint density at radius 1 is 1.24 bits per heavy atom. The average Bonchev–Trinajstić information content (AvgIpc) is 2.21. The van der Waals surface area contributed by atoms with E-state index in [1.807, 2.05) is 0 Å². The summed E-state index contributed by atoms with van der Waals surface area (Å²) in [5, 5.41) is 11.7. The summed E-state index contributed by atoms with van der Waals surface area (Å²) in [6, 6.07) is 3.63. The number of halogens is 5. The zero-order valence-corrected chi connectivity index (χ0v) is 10.1. The van der Waals surface area contributed by atoms with E-state index in [0.717, 1.165) is 0 Å². The zero-order chi connectivity index (χ0) is 13.1. The fraction of sp³-hybridized carbons (Fsp3) is 0.400. The van der Waals surface area contributed by atoms with Crippen LogP contribution >= 0.6 is 23.2 Å². The maximum Gasteiger partial charge on any atom is 0.401 e. The first-order valence-electron chi connectivity index (χ1n) is 4.70. The van der Waals surface area contributed by atoms with Crippen molar-refractivity contribution in [1.29, 1.82) is 0 Å². The first-order chi connectivity index (χ1) is 7.85. The highest BCUT2D eigenvalue weighted by molar-refractivity contribution is 6.36. The SMILES string of the molecule is OCC(NCC(F)(F)F)c1c(Cl)cccc1Cl. The standard InChI is InChI=1S/C10H10Cl2F3NO/c11-6-2-1-3-7(12)9(6)8(4-17)16-5-10(13,14)15/h1-3,8,16-17H,4-5H2. The molecule has 0 saturated heterocycles. The molecule has 1 atom stereocenters. The van der Waals surface area contributed by atoms with E-state index in [0.29, 0.717) is 0 Å². The molecule has 17 heavy (non-hydrogen) atoms. The first-order valence-corrected chi connectivity index (χ1v) is 5.45. The van der Waals surface area contributed by atoms with Gasteiger partial charge < -0.3 is 5.11 Å². The Balaban J connectivity index is 2.87. The molecule has 1 rings (SSSR count). The Kier molecular flexibility index (Phi) is 5.06. The number of hydrogen-bond donors (Lipinski definition) is 2. The number of alkyl halides is 3. The number of hydrogen-bond acceptors (Lipinski definition) is 2. The van der Waals surface area contributed by atoms with Crippen LogP contribution in [0.4, 0.5) is 13.2 Å². The maximum absolute atomic E-state index is 12.1. The average molecular weight is 288 g/mol. The van der Waals surface area contributed by atoms with E-state index < -0.39 is 25.4 Å². The highest BCUT2D eigenvalue weighted by atomic mass is 35.5. The third-order valence-corrected chi connectivity index (χ3v) is 2.74. The van der Waals surface area contributed by atoms with Crippen LogP contribution in [0.25, 0.3) is 0 Å². The molecule has 1 unspecified atom stereocenters. The van der Waals surface area contributed by atoms with Crippen molar-refractivity contribution in [2.24, 2.45) is 0 Å². The van der Waals surface area contributed by atoms with Crippen molar-refractivity contribution >= 4 is 23.2 Å². The van der Waals surface area contributed by atoms with Gasteiger partial charge in [-0.1, -0.05) is 29.3 Å². The Labute approximate surface area is 106 Å². The molecule has 0 aliphatic rings. The predicted molar refractivity (Wildman–Crippen MR) is 60.3 cm³/mol. The van der Waals surface area contributed by atoms with Gasteiger partial charge in [0, 0.05) is 15.6 Å². The van der Waals surface area contributed by atoms with Gasteiger partial charge in [0.1, 0.15) is 0 Å². The lowest BCUT2D eigenvalue weighted by atomic mass is 10.1. The second-order valence-corrected chi connectivity index (χ2v) is 4.18. The second kappa shape index (κ2) is 5.91. The summed E-state index contributed by atoms with van der Waals surface area (Å²) in [5.41, 5.74) is 0.266. The minimum absolute atomic E-state index is 0.214. The molecule has 0 amide bonds. The second-order valence-electron chi connectivity index (χ2n) is 3.37. The van der Waals surface area contributed by atoms with Crippen LogP contribution in [0.5, 0.6) is 0 Å². The van der Waals surface area contributed by atoms with Gasteiger partial charge in [-0.2, -0.15) is 13.2 Å². The first kappa shape index (κ1) is 14.6. The van der Waals surface area contributed by atoms with Crippen LogP contribution in [-0.4, -0.2) is 24.4 Å². The summed E-state index contributed by atoms with van der Waals surface area (Å²) in [4.78, 5) is 0. The van der Waals surface area contributed by atoms with Crippen molar-refractivity contribution < 1.29 is 18.3 Å². The molecule has 1 aromatic rings. The van der Waals surface area contributed by atoms with Gasteiger partial charge in [0.25, 0.3) is 0 Å². The summed E-state index contributed by atoms with van der Waals surface area (Å²) >= 11 is 11.7. The summed E-state index contributed by atoms with van der Waals surface area (Å²) in [6.45, 7) is -1.75. The van der Waals surface area contributed by atoms with E-state index in [1.54, 1.807) is 6.07 Å². The zero-order valence-electron chi connectivity index (χ0n) is 8.56. The van der Waals surface area contributed by atoms with Crippen molar-refractivity contribution in [3.05, 3.63) is 33.8 Å². The fourth-order valence-electron chi connectivity index (χ4n) is 1.34. The largest absolute Gasteiger partial charge is 0.401 e. The molecule has 0 aromatic heterocycles. The summed E-state index contributed by atoms with van der Waals surface area (Å²) < 4.78 is 36.2. The lowest BCUT2D eigenvalue weighted by Gasteiger charge is -2.20. The summed E-state index contributed by atoms with van der Waals surface area (Å²) in [6.07, 6.45) is -4.36. The molecule has 0 bridgehead atoms. The predicted octanol–water partition coefficient (Wildman–Crippen LogP) is 3.18. The van der Waals surface area contributed by atoms with Crippen molar-refractivity contribution in [3.8, 4) is 0 Å². The molecule has 7 heteroatoms. The van der Waals surface area contributed by atoms with Crippen molar-refractivity contribution in [2.75, 3.05) is 13.2 Å². The lowest BCUT2D eigenvalue weighted by molar-refractivity contribution is -0.126. The van der Waals surface area contributed by atoms with E-state index >= 15 is 0 Å². The Bertz CT molecular complexity index is 364. The van der Waals surface area contributed by atoms with Crippen LogP contribution < -0.4 is 5.32 Å². The molecule has 0 heterocycles. The molecule has 0 saturated carbocycles. The van der Waals surface area contributed by atoms with Crippen molar-refractivity contribution in [1.82, 2.24) is 5.32 Å². The van der Waals surface area contributed by atoms with Crippen molar-refractivity contribution in [2.45, 2.75) is 12.2 Å². The molecule has 96 valence electrons. The van der Waals surface area contributed by atoms with Crippen molar-refractivity contribution in [3.63, 3.8) is 0 Å². The number of aliphatic hydroxyl groups excluding tert-OH is 1. The highest BCUT2D eigenvalue weighted by Crippen LogP contribution is 2.30. The quantitative estimate of drug-likeness (QED) is 0.892. The summed E-state index contributed by atoms with van der Waals surface area (Å²) in [5.74, 6) is 0. The number of nitrogens with one attached hydrogen (secondary N) is 1. The summed E-state index contributed by atoms with van der Waals surface area (Å²) in [7, 11) is 0. The van der Waals surface area contributed by atoms with Gasteiger partial charge >= 0.3 is 6.18 Å². The third-order valence-electron chi connectivity index (χ3n) is 2.08. The molecule has 1 aromatic carbocycles. The maximum atomic E-state index is 12.1. The minimum atomic E-state index is -4.36. The monoisotopic (exact) mass is 287 g/mol. The van der Waals surface area contributed by atoms with E-state index in [1.165, 1.54) is 12.1 Å². The van der Waals surface area contributed by atoms with Crippen LogP contribution in [0.15, 0.2) is 18.2 Å². The van der Waals surface area contributed by atoms with Crippen LogP contribution in [0.3, 0.4) is 0 Å². The Hall–Kier alpha value is -0.490. The van der Waals surface area contributed by atoms with Crippen LogP contribution in [0.1, 0.15) is 11.6 Å². The smallest absolute Gasteiger partial charge is 0.394 e. The normalized spacial score (nSPS) is 13.8. The fourth-order valence-corrected chi connectivity index (χ4v) is 2.00. The third kappa shape index (κ3) is 4.35. The lowest BCUT2D eigenvalue weighted by Crippen LogP contribution is -2.34. The molecular weight excluding hydrogens is 278 g/mol. The number of aliphatic hydroxyl groups is 1. The van der Waals surface area contributed by atoms with E-state index in [2.05, 4.69) is 5.32 Å². The van der Waals surface area contributed by atoms with E-state index in [-0.39, 0.29) is 15.6 Å². The van der Waals surface area contributed by atoms with E-state index in [9.17, 15) is 13.2 Å². The van der Waals surface area contributed by atoms with Gasteiger partial charge in [0.05, 0.1) is 19.2 Å². The molecule has 0 fully saturated rings. The molecule has 0 radical (unpaired) electrons. The minimum Gasteiger partial charge on any atom is -0.394 e. The molecular formula is C10H10Cl2F3NO. The van der Waals surface area contributed by atoms with Crippen LogP contribution in [0.2, 0.25) is 10.0 Å². The van der Waals surface area contributed by atoms with Gasteiger partial charge in [0.2, 0.25) is 0 Å². The number of rotatable bonds is 4. The highest BCUT2D eigenvalue weighted by Gasteiger charge is 2.29. The molecule has 2 nitrogen and oxygen atoms in total. The van der Waals surface area contributed by atoms with Crippen LogP contribution in [0, 0.1) is 0 Å². The number of benzene rings is 1. The van der Waals surface area contributed by atoms with Gasteiger partial charge in [-0.25, -0.2) is 0 Å². The van der Waals surface area contributed by atoms with Crippen LogP contribution in [-0.2, 0) is 0 Å². The van der Waals surface area contributed by atoms with E-state index in [4.69, 9.17) is 28.3 Å². The Morgan fingerprint density at radius 3 is 2.18 bits per heavy atom. The molecule has 2 N–H and O–H groups in total. The van der Waals surface area contributed by atoms with Gasteiger partial charge in [-0.15, -0.1) is 0 Å². The topological polar surface area (TPSA) is 32.3 Å². The molecule has 0 aliphatic carbocycles.